The number of nitrogens with zero attached hydrogens (tertiary/aromatic N) is 1. The second kappa shape index (κ2) is 20.6. The normalized spacial score (nSPS) is 9.46. The predicted molar refractivity (Wildman–Crippen MR) is 112 cm³/mol. The number of ketones is 2. The minimum Gasteiger partial charge on any atom is -0.516 e. The minimum absolute atomic E-state index is 0.000000000000000222. The molecule has 0 saturated carbocycles. The van der Waals surface area contributed by atoms with E-state index in [1.54, 1.807) is 5.38 Å². The standard InChI is InChI=1S/C5H6N2OS.C4H5BrO2.C4H6O2.CH4N2S/c6-5-7-4(1-2-8)3-9-5;5-3-4(7)1-2-6;1-4(6)2-3-5;2-1(3)4/h1-3,8H,(H2,6,7);1-2,6H,3H2;2-3,5H,1H3;(H4,2,3,4)/b2*2-1-;3-2-;. The Kier molecular flexibility index (Phi) is 22.5. The summed E-state index contributed by atoms with van der Waals surface area (Å²) in [5.74, 6) is -0.278. The molecule has 0 radical (unpaired) electrons. The van der Waals surface area contributed by atoms with Crippen LogP contribution in [0.1, 0.15) is 12.6 Å². The fraction of sp³-hybridized carbons (Fsp3) is 0.143. The van der Waals surface area contributed by atoms with Crippen molar-refractivity contribution in [2.24, 2.45) is 11.5 Å². The number of carbonyl (C=O) groups excluding carboxylic acids is 2. The number of nitrogen functional groups attached to an aromatic ring is 1. The summed E-state index contributed by atoms with van der Waals surface area (Å²) < 4.78 is 0. The number of hydrogen-bond acceptors (Lipinski definition) is 9. The number of aromatic nitrogens is 1. The lowest BCUT2D eigenvalue weighted by molar-refractivity contribution is -0.113. The zero-order valence-electron chi connectivity index (χ0n) is 13.8. The fourth-order valence-electron chi connectivity index (χ4n) is 0.686. The number of aliphatic hydroxyl groups excluding tert-OH is 3. The van der Waals surface area contributed by atoms with E-state index in [4.69, 9.17) is 21.1 Å². The Morgan fingerprint density at radius 1 is 1.23 bits per heavy atom. The lowest BCUT2D eigenvalue weighted by atomic mass is 10.4. The van der Waals surface area contributed by atoms with Gasteiger partial charge in [-0.15, -0.1) is 11.3 Å². The van der Waals surface area contributed by atoms with Gasteiger partial charge in [0.15, 0.2) is 21.8 Å². The summed E-state index contributed by atoms with van der Waals surface area (Å²) in [5, 5.41) is 26.6. The van der Waals surface area contributed by atoms with Crippen molar-refractivity contribution in [1.82, 2.24) is 4.98 Å². The molecular formula is C14H21BrN4O5S2. The van der Waals surface area contributed by atoms with Gasteiger partial charge in [-0.2, -0.15) is 0 Å². The first kappa shape index (κ1) is 28.4. The van der Waals surface area contributed by atoms with Crippen molar-refractivity contribution in [1.29, 1.82) is 0 Å². The Labute approximate surface area is 168 Å². The number of thiocarbonyl (C=S) groups is 1. The van der Waals surface area contributed by atoms with Crippen LogP contribution in [-0.4, -0.2) is 42.3 Å². The Bertz CT molecular complexity index is 614. The highest BCUT2D eigenvalue weighted by molar-refractivity contribution is 9.09. The van der Waals surface area contributed by atoms with Crippen molar-refractivity contribution in [2.45, 2.75) is 6.92 Å². The maximum Gasteiger partial charge on any atom is 0.180 e. The largest absolute Gasteiger partial charge is 0.516 e. The van der Waals surface area contributed by atoms with Crippen LogP contribution in [0.5, 0.6) is 0 Å². The van der Waals surface area contributed by atoms with E-state index in [1.165, 1.54) is 24.3 Å². The molecule has 9 nitrogen and oxygen atoms in total. The van der Waals surface area contributed by atoms with Gasteiger partial charge in [0.05, 0.1) is 29.8 Å². The smallest absolute Gasteiger partial charge is 0.180 e. The fourth-order valence-corrected chi connectivity index (χ4v) is 1.40. The maximum atomic E-state index is 10.1. The zero-order chi connectivity index (χ0) is 21.0. The van der Waals surface area contributed by atoms with Crippen molar-refractivity contribution in [3.05, 3.63) is 42.0 Å². The SMILES string of the molecule is CC(=O)/C=C\O.NC(N)=S.Nc1nc(/C=C\O)cs1.O=C(/C=C\O)CBr. The van der Waals surface area contributed by atoms with Crippen LogP contribution in [0.25, 0.3) is 6.08 Å². The molecule has 0 aliphatic rings. The van der Waals surface area contributed by atoms with Crippen LogP contribution in [0.15, 0.2) is 36.3 Å². The molecule has 0 atom stereocenters. The second-order valence-electron chi connectivity index (χ2n) is 3.67. The Balaban J connectivity index is -0.000000283. The van der Waals surface area contributed by atoms with Crippen LogP contribution in [0.3, 0.4) is 0 Å². The zero-order valence-corrected chi connectivity index (χ0v) is 17.0. The molecule has 0 aliphatic carbocycles. The summed E-state index contributed by atoms with van der Waals surface area (Å²) >= 11 is 8.35. The first-order valence-corrected chi connectivity index (χ1v) is 8.82. The molecule has 146 valence electrons. The van der Waals surface area contributed by atoms with Gasteiger partial charge >= 0.3 is 0 Å². The highest BCUT2D eigenvalue weighted by Gasteiger charge is 1.91. The molecule has 0 unspecified atom stereocenters. The topological polar surface area (TPSA) is 186 Å². The molecule has 0 bridgehead atoms. The average Bonchev–Trinajstić information content (AvgIpc) is 2.94. The third-order valence-corrected chi connectivity index (χ3v) is 2.73. The van der Waals surface area contributed by atoms with Gasteiger partial charge in [-0.05, 0) is 25.2 Å². The third kappa shape index (κ3) is 29.6. The van der Waals surface area contributed by atoms with Gasteiger partial charge in [-0.1, -0.05) is 15.9 Å². The summed E-state index contributed by atoms with van der Waals surface area (Å²) in [6.45, 7) is 1.37. The number of nitrogens with two attached hydrogens (primary N) is 3. The van der Waals surface area contributed by atoms with Crippen LogP contribution >= 0.6 is 39.5 Å². The number of halogens is 1. The number of thiazole rings is 1. The van der Waals surface area contributed by atoms with Gasteiger partial charge in [0.2, 0.25) is 0 Å². The van der Waals surface area contributed by atoms with E-state index in [2.05, 4.69) is 44.6 Å². The molecule has 0 amide bonds. The Morgan fingerprint density at radius 2 is 1.73 bits per heavy atom. The lowest BCUT2D eigenvalue weighted by Crippen LogP contribution is -2.18. The van der Waals surface area contributed by atoms with Crippen molar-refractivity contribution in [3.63, 3.8) is 0 Å². The monoisotopic (exact) mass is 468 g/mol. The lowest BCUT2D eigenvalue weighted by Gasteiger charge is -1.76. The van der Waals surface area contributed by atoms with Gasteiger partial charge in [0.1, 0.15) is 0 Å². The highest BCUT2D eigenvalue weighted by Crippen LogP contribution is 2.11. The van der Waals surface area contributed by atoms with Gasteiger partial charge in [0.25, 0.3) is 0 Å². The molecule has 26 heavy (non-hydrogen) atoms. The first-order chi connectivity index (χ1) is 12.1. The van der Waals surface area contributed by atoms with E-state index in [-0.39, 0.29) is 22.0 Å². The minimum atomic E-state index is -0.141. The van der Waals surface area contributed by atoms with E-state index < -0.39 is 0 Å². The maximum absolute atomic E-state index is 10.1. The summed E-state index contributed by atoms with van der Waals surface area (Å²) in [5.41, 5.74) is 15.2. The molecule has 0 spiro atoms. The van der Waals surface area contributed by atoms with Crippen LogP contribution < -0.4 is 17.2 Å². The van der Waals surface area contributed by atoms with Crippen molar-refractivity contribution >= 4 is 67.4 Å². The third-order valence-electron chi connectivity index (χ3n) is 1.49. The number of alkyl halides is 1. The highest BCUT2D eigenvalue weighted by atomic mass is 79.9. The number of allylic oxidation sites excluding steroid dienone is 2. The van der Waals surface area contributed by atoms with E-state index in [9.17, 15) is 9.59 Å². The van der Waals surface area contributed by atoms with E-state index in [0.29, 0.717) is 10.8 Å². The number of rotatable bonds is 4. The van der Waals surface area contributed by atoms with Gasteiger partial charge in [-0.3, -0.25) is 9.59 Å². The van der Waals surface area contributed by atoms with Crippen LogP contribution in [0.2, 0.25) is 0 Å². The molecule has 9 N–H and O–H groups in total. The van der Waals surface area contributed by atoms with Crippen molar-refractivity contribution in [2.75, 3.05) is 11.1 Å². The molecule has 0 aliphatic heterocycles. The number of aliphatic hydroxyl groups is 3. The number of anilines is 1. The van der Waals surface area contributed by atoms with Gasteiger partial charge in [-0.25, -0.2) is 4.98 Å². The van der Waals surface area contributed by atoms with Gasteiger partial charge in [0, 0.05) is 17.5 Å². The molecule has 1 rings (SSSR count). The Hall–Kier alpha value is -2.44. The van der Waals surface area contributed by atoms with E-state index in [0.717, 1.165) is 30.9 Å². The Morgan fingerprint density at radius 3 is 1.92 bits per heavy atom. The average molecular weight is 469 g/mol. The molecule has 0 saturated heterocycles. The summed E-state index contributed by atoms with van der Waals surface area (Å²) in [6, 6.07) is 0. The predicted octanol–water partition coefficient (Wildman–Crippen LogP) is 2.11. The second-order valence-corrected chi connectivity index (χ2v) is 5.59. The molecule has 12 heteroatoms. The summed E-state index contributed by atoms with van der Waals surface area (Å²) in [6.07, 6.45) is 6.04. The van der Waals surface area contributed by atoms with Gasteiger partial charge < -0.3 is 32.5 Å². The molecular weight excluding hydrogens is 448 g/mol. The summed E-state index contributed by atoms with van der Waals surface area (Å²) in [4.78, 5) is 23.8. The molecule has 0 fully saturated rings. The molecule has 1 aromatic rings. The van der Waals surface area contributed by atoms with Crippen LogP contribution in [0, 0.1) is 0 Å². The number of carbonyl (C=O) groups is 2. The quantitative estimate of drug-likeness (QED) is 0.165. The van der Waals surface area contributed by atoms with Crippen molar-refractivity contribution < 1.29 is 24.9 Å². The van der Waals surface area contributed by atoms with Crippen LogP contribution in [0.4, 0.5) is 5.13 Å². The molecule has 1 aromatic heterocycles. The van der Waals surface area contributed by atoms with Crippen molar-refractivity contribution in [3.8, 4) is 0 Å². The first-order valence-electron chi connectivity index (χ1n) is 6.42. The molecule has 0 aromatic carbocycles. The van der Waals surface area contributed by atoms with Crippen LogP contribution in [-0.2, 0) is 9.59 Å². The summed E-state index contributed by atoms with van der Waals surface area (Å²) in [7, 11) is 0. The molecule has 1 heterocycles. The number of hydrogen-bond donors (Lipinski definition) is 6. The van der Waals surface area contributed by atoms with E-state index in [1.807, 2.05) is 0 Å². The van der Waals surface area contributed by atoms with E-state index >= 15 is 0 Å².